The summed E-state index contributed by atoms with van der Waals surface area (Å²) < 4.78 is 0. The van der Waals surface area contributed by atoms with Crippen LogP contribution in [-0.2, 0) is 4.79 Å². The third-order valence-corrected chi connectivity index (χ3v) is 5.27. The summed E-state index contributed by atoms with van der Waals surface area (Å²) in [4.78, 5) is 16.6. The number of hydrogen-bond acceptors (Lipinski definition) is 4. The average Bonchev–Trinajstić information content (AvgIpc) is 3.30. The molecule has 120 valence electrons. The van der Waals surface area contributed by atoms with Gasteiger partial charge in [-0.2, -0.15) is 0 Å². The molecule has 5 nitrogen and oxygen atoms in total. The van der Waals surface area contributed by atoms with Crippen molar-refractivity contribution in [2.45, 2.75) is 43.7 Å². The van der Waals surface area contributed by atoms with E-state index >= 15 is 0 Å². The summed E-state index contributed by atoms with van der Waals surface area (Å²) in [6.07, 6.45) is 5.64. The Morgan fingerprint density at radius 2 is 2.05 bits per heavy atom. The standard InChI is InChI=1S/C16H29N3O2/c1-18-8-7-12(9-18)10-19(2)11-16(15(20)21,13-3-4-13)17-14-5-6-14/h12-14,17H,3-11H2,1-2H3,(H,20,21). The zero-order valence-corrected chi connectivity index (χ0v) is 13.3. The van der Waals surface area contributed by atoms with Gasteiger partial charge in [0.15, 0.2) is 0 Å². The molecule has 0 radical (unpaired) electrons. The van der Waals surface area contributed by atoms with Gasteiger partial charge in [-0.05, 0) is 64.6 Å². The van der Waals surface area contributed by atoms with Crippen LogP contribution in [0.3, 0.4) is 0 Å². The molecular weight excluding hydrogens is 266 g/mol. The highest BCUT2D eigenvalue weighted by atomic mass is 16.4. The van der Waals surface area contributed by atoms with Gasteiger partial charge in [-0.25, -0.2) is 0 Å². The molecule has 2 atom stereocenters. The zero-order chi connectivity index (χ0) is 15.0. The minimum atomic E-state index is -0.708. The van der Waals surface area contributed by atoms with Crippen molar-refractivity contribution in [2.75, 3.05) is 40.3 Å². The Kier molecular flexibility index (Phi) is 4.26. The van der Waals surface area contributed by atoms with Crippen LogP contribution in [0.4, 0.5) is 0 Å². The van der Waals surface area contributed by atoms with Crippen molar-refractivity contribution in [1.29, 1.82) is 0 Å². The number of carboxylic acid groups (broad SMARTS) is 1. The van der Waals surface area contributed by atoms with E-state index in [1.165, 1.54) is 13.0 Å². The molecule has 21 heavy (non-hydrogen) atoms. The van der Waals surface area contributed by atoms with E-state index in [9.17, 15) is 9.90 Å². The monoisotopic (exact) mass is 295 g/mol. The molecular formula is C16H29N3O2. The van der Waals surface area contributed by atoms with Crippen molar-refractivity contribution in [3.8, 4) is 0 Å². The van der Waals surface area contributed by atoms with Gasteiger partial charge in [0.05, 0.1) is 0 Å². The van der Waals surface area contributed by atoms with Crippen LogP contribution < -0.4 is 5.32 Å². The number of nitrogens with zero attached hydrogens (tertiary/aromatic N) is 2. The maximum absolute atomic E-state index is 12.0. The molecule has 0 bridgehead atoms. The van der Waals surface area contributed by atoms with Gasteiger partial charge >= 0.3 is 5.97 Å². The number of likely N-dealkylation sites (N-methyl/N-ethyl adjacent to an activating group) is 1. The number of hydrogen-bond donors (Lipinski definition) is 2. The maximum Gasteiger partial charge on any atom is 0.325 e. The van der Waals surface area contributed by atoms with Gasteiger partial charge in [0, 0.05) is 25.7 Å². The van der Waals surface area contributed by atoms with Gasteiger partial charge in [-0.15, -0.1) is 0 Å². The largest absolute Gasteiger partial charge is 0.480 e. The molecule has 3 rings (SSSR count). The second-order valence-electron chi connectivity index (χ2n) is 7.58. The fourth-order valence-electron chi connectivity index (χ4n) is 3.87. The van der Waals surface area contributed by atoms with E-state index in [0.717, 1.165) is 38.8 Å². The third-order valence-electron chi connectivity index (χ3n) is 5.27. The molecule has 0 aromatic rings. The summed E-state index contributed by atoms with van der Waals surface area (Å²) in [6.45, 7) is 3.97. The first-order chi connectivity index (χ1) is 9.99. The van der Waals surface area contributed by atoms with Gasteiger partial charge < -0.3 is 14.9 Å². The van der Waals surface area contributed by atoms with Crippen molar-refractivity contribution in [3.63, 3.8) is 0 Å². The van der Waals surface area contributed by atoms with E-state index in [1.807, 2.05) is 0 Å². The lowest BCUT2D eigenvalue weighted by molar-refractivity contribution is -0.147. The predicted molar refractivity (Wildman–Crippen MR) is 82.3 cm³/mol. The average molecular weight is 295 g/mol. The number of carbonyl (C=O) groups is 1. The number of nitrogens with one attached hydrogen (secondary N) is 1. The lowest BCUT2D eigenvalue weighted by Gasteiger charge is -2.36. The van der Waals surface area contributed by atoms with Crippen molar-refractivity contribution in [3.05, 3.63) is 0 Å². The molecule has 0 aromatic carbocycles. The number of rotatable bonds is 8. The summed E-state index contributed by atoms with van der Waals surface area (Å²) in [6, 6.07) is 0.438. The van der Waals surface area contributed by atoms with Gasteiger partial charge in [0.2, 0.25) is 0 Å². The highest BCUT2D eigenvalue weighted by Crippen LogP contribution is 2.42. The molecule has 2 aliphatic carbocycles. The second-order valence-corrected chi connectivity index (χ2v) is 7.58. The fraction of sp³-hybridized carbons (Fsp3) is 0.938. The third kappa shape index (κ3) is 3.58. The normalized spacial score (nSPS) is 29.8. The molecule has 0 spiro atoms. The summed E-state index contributed by atoms with van der Waals surface area (Å²) in [5.74, 6) is 0.364. The molecule has 1 saturated heterocycles. The van der Waals surface area contributed by atoms with E-state index in [2.05, 4.69) is 29.2 Å². The van der Waals surface area contributed by atoms with E-state index in [-0.39, 0.29) is 0 Å². The van der Waals surface area contributed by atoms with Gasteiger partial charge in [-0.1, -0.05) is 0 Å². The van der Waals surface area contributed by atoms with Crippen LogP contribution in [0.15, 0.2) is 0 Å². The molecule has 2 N–H and O–H groups in total. The smallest absolute Gasteiger partial charge is 0.325 e. The second kappa shape index (κ2) is 5.86. The summed E-state index contributed by atoms with van der Waals surface area (Å²) in [5, 5.41) is 13.3. The predicted octanol–water partition coefficient (Wildman–Crippen LogP) is 0.855. The minimum absolute atomic E-state index is 0.323. The van der Waals surface area contributed by atoms with Gasteiger partial charge in [0.25, 0.3) is 0 Å². The summed E-state index contributed by atoms with van der Waals surface area (Å²) >= 11 is 0. The van der Waals surface area contributed by atoms with Gasteiger partial charge in [0.1, 0.15) is 5.54 Å². The zero-order valence-electron chi connectivity index (χ0n) is 13.3. The Morgan fingerprint density at radius 3 is 2.52 bits per heavy atom. The van der Waals surface area contributed by atoms with Crippen molar-refractivity contribution in [1.82, 2.24) is 15.1 Å². The van der Waals surface area contributed by atoms with E-state index in [1.54, 1.807) is 0 Å². The molecule has 1 heterocycles. The summed E-state index contributed by atoms with van der Waals surface area (Å²) in [7, 11) is 4.26. The topological polar surface area (TPSA) is 55.8 Å². The van der Waals surface area contributed by atoms with Crippen molar-refractivity contribution in [2.24, 2.45) is 11.8 Å². The first-order valence-corrected chi connectivity index (χ1v) is 8.38. The van der Waals surface area contributed by atoms with Crippen LogP contribution in [0.25, 0.3) is 0 Å². The Labute approximate surface area is 127 Å². The highest BCUT2D eigenvalue weighted by molar-refractivity contribution is 5.80. The Bertz CT molecular complexity index is 395. The molecule has 3 fully saturated rings. The van der Waals surface area contributed by atoms with Crippen molar-refractivity contribution >= 4 is 5.97 Å². The molecule has 5 heteroatoms. The number of carboxylic acids is 1. The lowest BCUT2D eigenvalue weighted by atomic mass is 9.91. The Hall–Kier alpha value is -0.650. The maximum atomic E-state index is 12.0. The number of aliphatic carboxylic acids is 1. The molecule has 0 amide bonds. The fourth-order valence-corrected chi connectivity index (χ4v) is 3.87. The van der Waals surface area contributed by atoms with E-state index in [0.29, 0.717) is 24.4 Å². The quantitative estimate of drug-likeness (QED) is 0.695. The minimum Gasteiger partial charge on any atom is -0.480 e. The van der Waals surface area contributed by atoms with Gasteiger partial charge in [-0.3, -0.25) is 10.1 Å². The van der Waals surface area contributed by atoms with Crippen LogP contribution in [-0.4, -0.2) is 72.7 Å². The SMILES string of the molecule is CN1CCC(CN(C)CC(NC2CC2)(C(=O)O)C2CC2)C1. The Morgan fingerprint density at radius 1 is 1.33 bits per heavy atom. The molecule has 2 saturated carbocycles. The van der Waals surface area contributed by atoms with E-state index in [4.69, 9.17) is 0 Å². The van der Waals surface area contributed by atoms with Crippen LogP contribution in [0.2, 0.25) is 0 Å². The summed E-state index contributed by atoms with van der Waals surface area (Å²) in [5.41, 5.74) is -0.708. The highest BCUT2D eigenvalue weighted by Gasteiger charge is 2.53. The first-order valence-electron chi connectivity index (χ1n) is 8.38. The molecule has 2 unspecified atom stereocenters. The van der Waals surface area contributed by atoms with Crippen LogP contribution >= 0.6 is 0 Å². The van der Waals surface area contributed by atoms with Crippen LogP contribution in [0, 0.1) is 11.8 Å². The molecule has 1 aliphatic heterocycles. The van der Waals surface area contributed by atoms with E-state index < -0.39 is 11.5 Å². The Balaban J connectivity index is 1.61. The van der Waals surface area contributed by atoms with Crippen LogP contribution in [0.1, 0.15) is 32.1 Å². The molecule has 3 aliphatic rings. The first kappa shape index (κ1) is 15.3. The van der Waals surface area contributed by atoms with Crippen molar-refractivity contribution < 1.29 is 9.90 Å². The van der Waals surface area contributed by atoms with Crippen LogP contribution in [0.5, 0.6) is 0 Å². The lowest BCUT2D eigenvalue weighted by Crippen LogP contribution is -2.61. The number of likely N-dealkylation sites (tertiary alicyclic amines) is 1. The molecule has 0 aromatic heterocycles.